The summed E-state index contributed by atoms with van der Waals surface area (Å²) in [7, 11) is 0. The van der Waals surface area contributed by atoms with E-state index in [0.717, 1.165) is 0 Å². The number of hydrogen-bond acceptors (Lipinski definition) is 2. The molecule has 1 rings (SSSR count). The van der Waals surface area contributed by atoms with E-state index >= 15 is 0 Å². The van der Waals surface area contributed by atoms with Crippen LogP contribution in [-0.2, 0) is 4.79 Å². The van der Waals surface area contributed by atoms with Crippen molar-refractivity contribution in [3.05, 3.63) is 29.6 Å². The molecule has 1 aromatic carbocycles. The number of rotatable bonds is 2. The van der Waals surface area contributed by atoms with Gasteiger partial charge < -0.3 is 5.32 Å². The molecule has 15 heavy (non-hydrogen) atoms. The van der Waals surface area contributed by atoms with E-state index < -0.39 is 5.82 Å². The van der Waals surface area contributed by atoms with Gasteiger partial charge in [-0.15, -0.1) is 0 Å². The molecule has 1 amide bonds. The number of amides is 1. The Labute approximate surface area is 87.5 Å². The molecule has 0 aliphatic carbocycles. The lowest BCUT2D eigenvalue weighted by molar-refractivity contribution is -0.118. The average molecular weight is 206 g/mol. The molecule has 0 bridgehead atoms. The highest BCUT2D eigenvalue weighted by molar-refractivity contribution is 5.93. The van der Waals surface area contributed by atoms with Crippen LogP contribution in [0, 0.1) is 23.1 Å². The second kappa shape index (κ2) is 4.56. The Morgan fingerprint density at radius 3 is 2.73 bits per heavy atom. The molecule has 0 atom stereocenters. The molecule has 0 radical (unpaired) electrons. The lowest BCUT2D eigenvalue weighted by atomic mass is 10.1. The largest absolute Gasteiger partial charge is 0.325 e. The fourth-order valence-corrected chi connectivity index (χ4v) is 1.02. The van der Waals surface area contributed by atoms with Gasteiger partial charge in [0.15, 0.2) is 0 Å². The molecule has 0 saturated carbocycles. The number of halogens is 1. The number of anilines is 1. The van der Waals surface area contributed by atoms with Crippen LogP contribution in [0.2, 0.25) is 0 Å². The number of carbonyl (C=O) groups is 1. The molecule has 0 aromatic heterocycles. The molecule has 0 unspecified atom stereocenters. The van der Waals surface area contributed by atoms with Crippen molar-refractivity contribution in [3.8, 4) is 6.07 Å². The van der Waals surface area contributed by atoms with Gasteiger partial charge in [-0.1, -0.05) is 19.9 Å². The van der Waals surface area contributed by atoms with Gasteiger partial charge in [0.2, 0.25) is 5.91 Å². The van der Waals surface area contributed by atoms with E-state index in [4.69, 9.17) is 5.26 Å². The SMILES string of the molecule is CC(C)C(=O)Nc1cccc(F)c1C#N. The summed E-state index contributed by atoms with van der Waals surface area (Å²) < 4.78 is 13.1. The Morgan fingerprint density at radius 1 is 1.53 bits per heavy atom. The molecule has 4 heteroatoms. The molecule has 0 saturated heterocycles. The highest BCUT2D eigenvalue weighted by Crippen LogP contribution is 2.18. The Morgan fingerprint density at radius 2 is 2.20 bits per heavy atom. The summed E-state index contributed by atoms with van der Waals surface area (Å²) in [5.41, 5.74) is 0.0858. The molecule has 0 heterocycles. The van der Waals surface area contributed by atoms with Crippen LogP contribution < -0.4 is 5.32 Å². The van der Waals surface area contributed by atoms with Crippen molar-refractivity contribution in [1.82, 2.24) is 0 Å². The summed E-state index contributed by atoms with van der Waals surface area (Å²) in [6.45, 7) is 3.45. The van der Waals surface area contributed by atoms with Gasteiger partial charge in [-0.25, -0.2) is 4.39 Å². The first-order valence-electron chi connectivity index (χ1n) is 4.55. The van der Waals surface area contributed by atoms with Crippen molar-refractivity contribution in [2.45, 2.75) is 13.8 Å². The van der Waals surface area contributed by atoms with Crippen LogP contribution in [-0.4, -0.2) is 5.91 Å². The van der Waals surface area contributed by atoms with Gasteiger partial charge in [-0.05, 0) is 12.1 Å². The summed E-state index contributed by atoms with van der Waals surface area (Å²) in [6.07, 6.45) is 0. The topological polar surface area (TPSA) is 52.9 Å². The van der Waals surface area contributed by atoms with E-state index in [2.05, 4.69) is 5.32 Å². The van der Waals surface area contributed by atoms with E-state index in [-0.39, 0.29) is 23.1 Å². The minimum atomic E-state index is -0.626. The molecule has 0 spiro atoms. The van der Waals surface area contributed by atoms with E-state index in [1.165, 1.54) is 18.2 Å². The van der Waals surface area contributed by atoms with Crippen LogP contribution in [0.1, 0.15) is 19.4 Å². The number of nitriles is 1. The molecule has 0 aliphatic heterocycles. The third-order valence-electron chi connectivity index (χ3n) is 1.91. The Bertz CT molecular complexity index is 421. The molecule has 3 nitrogen and oxygen atoms in total. The van der Waals surface area contributed by atoms with Crippen LogP contribution >= 0.6 is 0 Å². The number of benzene rings is 1. The molecule has 1 N–H and O–H groups in total. The second-order valence-electron chi connectivity index (χ2n) is 3.42. The zero-order chi connectivity index (χ0) is 11.4. The van der Waals surface area contributed by atoms with E-state index in [9.17, 15) is 9.18 Å². The first-order chi connectivity index (χ1) is 7.06. The van der Waals surface area contributed by atoms with Gasteiger partial charge in [0.25, 0.3) is 0 Å². The van der Waals surface area contributed by atoms with Gasteiger partial charge in [-0.3, -0.25) is 4.79 Å². The molecule has 78 valence electrons. The maximum atomic E-state index is 13.1. The maximum absolute atomic E-state index is 13.1. The minimum absolute atomic E-state index is 0.133. The number of nitrogens with one attached hydrogen (secondary N) is 1. The Kier molecular flexibility index (Phi) is 3.40. The minimum Gasteiger partial charge on any atom is -0.325 e. The summed E-state index contributed by atoms with van der Waals surface area (Å²) >= 11 is 0. The summed E-state index contributed by atoms with van der Waals surface area (Å²) in [4.78, 5) is 11.3. The molecular weight excluding hydrogens is 195 g/mol. The van der Waals surface area contributed by atoms with Crippen molar-refractivity contribution in [2.75, 3.05) is 5.32 Å². The zero-order valence-corrected chi connectivity index (χ0v) is 8.54. The lowest BCUT2D eigenvalue weighted by Gasteiger charge is -2.09. The van der Waals surface area contributed by atoms with Crippen molar-refractivity contribution < 1.29 is 9.18 Å². The predicted octanol–water partition coefficient (Wildman–Crippen LogP) is 2.29. The smallest absolute Gasteiger partial charge is 0.226 e. The van der Waals surface area contributed by atoms with Crippen LogP contribution in [0.15, 0.2) is 18.2 Å². The van der Waals surface area contributed by atoms with Crippen LogP contribution in [0.3, 0.4) is 0 Å². The Hall–Kier alpha value is -1.89. The monoisotopic (exact) mass is 206 g/mol. The fourth-order valence-electron chi connectivity index (χ4n) is 1.02. The van der Waals surface area contributed by atoms with Gasteiger partial charge in [0.1, 0.15) is 17.4 Å². The first-order valence-corrected chi connectivity index (χ1v) is 4.55. The van der Waals surface area contributed by atoms with Crippen LogP contribution in [0.4, 0.5) is 10.1 Å². The standard InChI is InChI=1S/C11H11FN2O/c1-7(2)11(15)14-10-5-3-4-9(12)8(10)6-13/h3-5,7H,1-2H3,(H,14,15). The fraction of sp³-hybridized carbons (Fsp3) is 0.273. The maximum Gasteiger partial charge on any atom is 0.226 e. The normalized spacial score (nSPS) is 9.80. The highest BCUT2D eigenvalue weighted by Gasteiger charge is 2.12. The summed E-state index contributed by atoms with van der Waals surface area (Å²) in [5.74, 6) is -1.07. The molecular formula is C11H11FN2O. The number of nitrogens with zero attached hydrogens (tertiary/aromatic N) is 1. The average Bonchev–Trinajstić information content (AvgIpc) is 2.18. The lowest BCUT2D eigenvalue weighted by Crippen LogP contribution is -2.18. The van der Waals surface area contributed by atoms with Gasteiger partial charge in [0.05, 0.1) is 5.69 Å². The quantitative estimate of drug-likeness (QED) is 0.807. The molecule has 0 fully saturated rings. The third-order valence-corrected chi connectivity index (χ3v) is 1.91. The number of carbonyl (C=O) groups excluding carboxylic acids is 1. The Balaban J connectivity index is 3.01. The second-order valence-corrected chi connectivity index (χ2v) is 3.42. The predicted molar refractivity (Wildman–Crippen MR) is 54.6 cm³/mol. The van der Waals surface area contributed by atoms with Gasteiger partial charge in [0, 0.05) is 5.92 Å². The third kappa shape index (κ3) is 2.53. The van der Waals surface area contributed by atoms with Crippen molar-refractivity contribution in [2.24, 2.45) is 5.92 Å². The highest BCUT2D eigenvalue weighted by atomic mass is 19.1. The van der Waals surface area contributed by atoms with Gasteiger partial charge in [-0.2, -0.15) is 5.26 Å². The summed E-state index contributed by atoms with van der Waals surface area (Å²) in [5, 5.41) is 11.2. The van der Waals surface area contributed by atoms with Crippen molar-refractivity contribution in [1.29, 1.82) is 5.26 Å². The van der Waals surface area contributed by atoms with E-state index in [0.29, 0.717) is 0 Å². The van der Waals surface area contributed by atoms with Crippen LogP contribution in [0.5, 0.6) is 0 Å². The molecule has 0 aliphatic rings. The van der Waals surface area contributed by atoms with E-state index in [1.807, 2.05) is 0 Å². The van der Waals surface area contributed by atoms with Crippen molar-refractivity contribution in [3.63, 3.8) is 0 Å². The van der Waals surface area contributed by atoms with Crippen molar-refractivity contribution >= 4 is 11.6 Å². The van der Waals surface area contributed by atoms with Gasteiger partial charge >= 0.3 is 0 Å². The van der Waals surface area contributed by atoms with Crippen LogP contribution in [0.25, 0.3) is 0 Å². The molecule has 1 aromatic rings. The number of hydrogen-bond donors (Lipinski definition) is 1. The summed E-state index contributed by atoms with van der Waals surface area (Å²) in [6, 6.07) is 5.85. The first kappa shape index (κ1) is 11.2. The van der Waals surface area contributed by atoms with E-state index in [1.54, 1.807) is 19.9 Å². The zero-order valence-electron chi connectivity index (χ0n) is 8.54.